The van der Waals surface area contributed by atoms with Gasteiger partial charge < -0.3 is 15.8 Å². The van der Waals surface area contributed by atoms with Crippen molar-refractivity contribution in [2.75, 3.05) is 32.1 Å². The van der Waals surface area contributed by atoms with Gasteiger partial charge in [0.1, 0.15) is 0 Å². The summed E-state index contributed by atoms with van der Waals surface area (Å²) >= 11 is 0. The Morgan fingerprint density at radius 2 is 2.18 bits per heavy atom. The standard InChI is InChI=1S/C17H27N3O2/c1-12-4-5-14(8-13(12)2)19-17(21)11-20-7-6-16(22-3)9-15(20)10-18/h4-5,8,15-16H,6-7,9-11,18H2,1-3H3,(H,19,21). The molecule has 5 nitrogen and oxygen atoms in total. The van der Waals surface area contributed by atoms with Crippen molar-refractivity contribution in [1.82, 2.24) is 4.90 Å². The number of nitrogens with zero attached hydrogens (tertiary/aromatic N) is 1. The third-order valence-corrected chi connectivity index (χ3v) is 4.53. The van der Waals surface area contributed by atoms with E-state index < -0.39 is 0 Å². The molecule has 3 N–H and O–H groups in total. The second kappa shape index (κ2) is 7.72. The first-order valence-electron chi connectivity index (χ1n) is 7.87. The van der Waals surface area contributed by atoms with Gasteiger partial charge in [0.25, 0.3) is 0 Å². The van der Waals surface area contributed by atoms with Crippen LogP contribution in [0.4, 0.5) is 5.69 Å². The minimum absolute atomic E-state index is 0.0116. The average molecular weight is 305 g/mol. The number of carbonyl (C=O) groups excluding carboxylic acids is 1. The summed E-state index contributed by atoms with van der Waals surface area (Å²) < 4.78 is 5.41. The molecule has 0 saturated carbocycles. The lowest BCUT2D eigenvalue weighted by molar-refractivity contribution is -0.118. The molecule has 1 aromatic carbocycles. The van der Waals surface area contributed by atoms with Crippen molar-refractivity contribution >= 4 is 11.6 Å². The fourth-order valence-electron chi connectivity index (χ4n) is 2.93. The molecule has 0 spiro atoms. The van der Waals surface area contributed by atoms with Crippen molar-refractivity contribution in [2.45, 2.75) is 38.8 Å². The molecule has 2 unspecified atom stereocenters. The summed E-state index contributed by atoms with van der Waals surface area (Å²) in [5.74, 6) is 0.0116. The van der Waals surface area contributed by atoms with Crippen LogP contribution in [0.1, 0.15) is 24.0 Å². The first-order valence-corrected chi connectivity index (χ1v) is 7.87. The predicted molar refractivity (Wildman–Crippen MR) is 89.0 cm³/mol. The van der Waals surface area contributed by atoms with Crippen LogP contribution < -0.4 is 11.1 Å². The van der Waals surface area contributed by atoms with E-state index in [1.54, 1.807) is 7.11 Å². The molecule has 1 aliphatic heterocycles. The second-order valence-corrected chi connectivity index (χ2v) is 6.09. The third kappa shape index (κ3) is 4.29. The number of hydrogen-bond acceptors (Lipinski definition) is 4. The van der Waals surface area contributed by atoms with Gasteiger partial charge in [-0.3, -0.25) is 9.69 Å². The molecule has 122 valence electrons. The lowest BCUT2D eigenvalue weighted by Crippen LogP contribution is -2.50. The summed E-state index contributed by atoms with van der Waals surface area (Å²) in [6.07, 6.45) is 2.10. The summed E-state index contributed by atoms with van der Waals surface area (Å²) in [5.41, 5.74) is 9.10. The number of hydrogen-bond donors (Lipinski definition) is 2. The first-order chi connectivity index (χ1) is 10.5. The van der Waals surface area contributed by atoms with Crippen LogP contribution in [0.2, 0.25) is 0 Å². The molecule has 1 aliphatic rings. The minimum atomic E-state index is 0.0116. The monoisotopic (exact) mass is 305 g/mol. The van der Waals surface area contributed by atoms with Gasteiger partial charge in [0.2, 0.25) is 5.91 Å². The summed E-state index contributed by atoms with van der Waals surface area (Å²) in [7, 11) is 1.74. The van der Waals surface area contributed by atoms with Crippen molar-refractivity contribution in [3.05, 3.63) is 29.3 Å². The SMILES string of the molecule is COC1CCN(CC(=O)Nc2ccc(C)c(C)c2)C(CN)C1. The molecule has 2 atom stereocenters. The lowest BCUT2D eigenvalue weighted by Gasteiger charge is -2.37. The maximum atomic E-state index is 12.3. The molecule has 1 heterocycles. The van der Waals surface area contributed by atoms with E-state index in [4.69, 9.17) is 10.5 Å². The van der Waals surface area contributed by atoms with Crippen molar-refractivity contribution < 1.29 is 9.53 Å². The van der Waals surface area contributed by atoms with E-state index in [1.807, 2.05) is 25.1 Å². The number of methoxy groups -OCH3 is 1. The van der Waals surface area contributed by atoms with Crippen LogP contribution in [-0.4, -0.2) is 49.7 Å². The molecule has 1 fully saturated rings. The van der Waals surface area contributed by atoms with Crippen LogP contribution in [0.15, 0.2) is 18.2 Å². The number of nitrogens with one attached hydrogen (secondary N) is 1. The molecule has 5 heteroatoms. The zero-order valence-corrected chi connectivity index (χ0v) is 13.8. The van der Waals surface area contributed by atoms with Crippen molar-refractivity contribution in [1.29, 1.82) is 0 Å². The van der Waals surface area contributed by atoms with Gasteiger partial charge in [-0.25, -0.2) is 0 Å². The number of likely N-dealkylation sites (tertiary alicyclic amines) is 1. The Labute approximate surface area is 132 Å². The minimum Gasteiger partial charge on any atom is -0.381 e. The number of anilines is 1. The van der Waals surface area contributed by atoms with Gasteiger partial charge in [-0.05, 0) is 49.9 Å². The number of aryl methyl sites for hydroxylation is 2. The quantitative estimate of drug-likeness (QED) is 0.868. The Balaban J connectivity index is 1.92. The molecule has 1 amide bonds. The van der Waals surface area contributed by atoms with Crippen molar-refractivity contribution in [3.63, 3.8) is 0 Å². The zero-order valence-electron chi connectivity index (χ0n) is 13.8. The largest absolute Gasteiger partial charge is 0.381 e. The Morgan fingerprint density at radius 3 is 2.82 bits per heavy atom. The summed E-state index contributed by atoms with van der Waals surface area (Å²) in [4.78, 5) is 14.4. The van der Waals surface area contributed by atoms with Crippen molar-refractivity contribution in [3.8, 4) is 0 Å². The van der Waals surface area contributed by atoms with E-state index in [0.29, 0.717) is 13.1 Å². The highest BCUT2D eigenvalue weighted by Gasteiger charge is 2.28. The summed E-state index contributed by atoms with van der Waals surface area (Å²) in [6.45, 7) is 5.89. The summed E-state index contributed by atoms with van der Waals surface area (Å²) in [5, 5.41) is 2.97. The zero-order chi connectivity index (χ0) is 16.1. The van der Waals surface area contributed by atoms with Crippen LogP contribution in [0, 0.1) is 13.8 Å². The number of carbonyl (C=O) groups is 1. The highest BCUT2D eigenvalue weighted by molar-refractivity contribution is 5.92. The number of piperidine rings is 1. The summed E-state index contributed by atoms with van der Waals surface area (Å²) in [6, 6.07) is 6.18. The number of rotatable bonds is 5. The van der Waals surface area contributed by atoms with Crippen LogP contribution in [-0.2, 0) is 9.53 Å². The van der Waals surface area contributed by atoms with Gasteiger partial charge in [-0.15, -0.1) is 0 Å². The molecule has 1 saturated heterocycles. The lowest BCUT2D eigenvalue weighted by atomic mass is 9.99. The van der Waals surface area contributed by atoms with E-state index in [2.05, 4.69) is 17.1 Å². The highest BCUT2D eigenvalue weighted by atomic mass is 16.5. The van der Waals surface area contributed by atoms with Crippen molar-refractivity contribution in [2.24, 2.45) is 5.73 Å². The molecule has 2 rings (SSSR count). The average Bonchev–Trinajstić information content (AvgIpc) is 2.51. The number of amides is 1. The maximum Gasteiger partial charge on any atom is 0.238 e. The predicted octanol–water partition coefficient (Wildman–Crippen LogP) is 1.68. The normalized spacial score (nSPS) is 22.5. The van der Waals surface area contributed by atoms with Gasteiger partial charge in [-0.1, -0.05) is 6.07 Å². The van der Waals surface area contributed by atoms with Gasteiger partial charge in [0.05, 0.1) is 12.6 Å². The second-order valence-electron chi connectivity index (χ2n) is 6.09. The van der Waals surface area contributed by atoms with E-state index in [9.17, 15) is 4.79 Å². The van der Waals surface area contributed by atoms with E-state index in [0.717, 1.165) is 25.1 Å². The first kappa shape index (κ1) is 16.9. The smallest absolute Gasteiger partial charge is 0.238 e. The van der Waals surface area contributed by atoms with Crippen LogP contribution in [0.25, 0.3) is 0 Å². The molecule has 0 radical (unpaired) electrons. The van der Waals surface area contributed by atoms with Gasteiger partial charge in [0.15, 0.2) is 0 Å². The van der Waals surface area contributed by atoms with Gasteiger partial charge in [-0.2, -0.15) is 0 Å². The van der Waals surface area contributed by atoms with Crippen LogP contribution >= 0.6 is 0 Å². The Bertz CT molecular complexity index is 519. The molecule has 22 heavy (non-hydrogen) atoms. The van der Waals surface area contributed by atoms with Crippen LogP contribution in [0.3, 0.4) is 0 Å². The fraction of sp³-hybridized carbons (Fsp3) is 0.588. The van der Waals surface area contributed by atoms with E-state index in [1.165, 1.54) is 11.1 Å². The Kier molecular flexibility index (Phi) is 5.94. The fourth-order valence-corrected chi connectivity index (χ4v) is 2.93. The number of ether oxygens (including phenoxy) is 1. The van der Waals surface area contributed by atoms with Gasteiger partial charge in [0, 0.05) is 31.9 Å². The number of nitrogens with two attached hydrogens (primary N) is 1. The molecule has 0 aromatic heterocycles. The topological polar surface area (TPSA) is 67.6 Å². The number of benzene rings is 1. The van der Waals surface area contributed by atoms with E-state index in [-0.39, 0.29) is 18.1 Å². The molecule has 1 aromatic rings. The van der Waals surface area contributed by atoms with E-state index >= 15 is 0 Å². The molecule has 0 aliphatic carbocycles. The van der Waals surface area contributed by atoms with Gasteiger partial charge >= 0.3 is 0 Å². The molecular weight excluding hydrogens is 278 g/mol. The highest BCUT2D eigenvalue weighted by Crippen LogP contribution is 2.19. The van der Waals surface area contributed by atoms with Crippen LogP contribution in [0.5, 0.6) is 0 Å². The Morgan fingerprint density at radius 1 is 1.41 bits per heavy atom. The Hall–Kier alpha value is -1.43. The molecule has 0 bridgehead atoms. The maximum absolute atomic E-state index is 12.3. The third-order valence-electron chi connectivity index (χ3n) is 4.53. The molecular formula is C17H27N3O2.